The van der Waals surface area contributed by atoms with E-state index < -0.39 is 30.2 Å². The predicted octanol–water partition coefficient (Wildman–Crippen LogP) is 4.25. The van der Waals surface area contributed by atoms with Crippen molar-refractivity contribution in [1.82, 2.24) is 10.2 Å². The van der Waals surface area contributed by atoms with Crippen LogP contribution in [0.15, 0.2) is 72.4 Å². The Morgan fingerprint density at radius 2 is 1.81 bits per heavy atom. The summed E-state index contributed by atoms with van der Waals surface area (Å²) in [5.41, 5.74) is 2.70. The molecule has 4 rings (SSSR count). The molecule has 0 aliphatic carbocycles. The molecule has 9 heteroatoms. The highest BCUT2D eigenvalue weighted by Gasteiger charge is 2.35. The summed E-state index contributed by atoms with van der Waals surface area (Å²) in [6, 6.07) is 17.9. The second-order valence-corrected chi connectivity index (χ2v) is 8.09. The molecule has 0 aromatic heterocycles. The maximum Gasteiger partial charge on any atom is 0.329 e. The van der Waals surface area contributed by atoms with Crippen molar-refractivity contribution in [2.24, 2.45) is 0 Å². The van der Waals surface area contributed by atoms with Gasteiger partial charge in [-0.2, -0.15) is 0 Å². The Morgan fingerprint density at radius 1 is 1.06 bits per heavy atom. The molecule has 36 heavy (non-hydrogen) atoms. The van der Waals surface area contributed by atoms with Crippen molar-refractivity contribution in [3.8, 4) is 11.5 Å². The Bertz CT molecular complexity index is 1340. The first-order valence-corrected chi connectivity index (χ1v) is 11.1. The van der Waals surface area contributed by atoms with Crippen LogP contribution in [-0.2, 0) is 16.2 Å². The molecule has 0 atom stereocenters. The molecule has 4 amide bonds. The number of aryl methyl sites for hydroxylation is 1. The maximum atomic E-state index is 13.8. The van der Waals surface area contributed by atoms with Crippen LogP contribution in [-0.4, -0.2) is 36.4 Å². The van der Waals surface area contributed by atoms with Gasteiger partial charge in [-0.05, 0) is 48.4 Å². The van der Waals surface area contributed by atoms with E-state index in [1.54, 1.807) is 24.3 Å². The van der Waals surface area contributed by atoms with Crippen LogP contribution >= 0.6 is 0 Å². The smallest absolute Gasteiger partial charge is 0.329 e. The molecular formula is C27H24FN3O5. The zero-order chi connectivity index (χ0) is 25.7. The number of hydrogen-bond acceptors (Lipinski definition) is 5. The number of urea groups is 1. The van der Waals surface area contributed by atoms with E-state index in [1.807, 2.05) is 31.2 Å². The number of carbonyl (C=O) groups is 3. The lowest BCUT2D eigenvalue weighted by Gasteiger charge is -2.12. The predicted molar refractivity (Wildman–Crippen MR) is 132 cm³/mol. The van der Waals surface area contributed by atoms with Gasteiger partial charge < -0.3 is 20.1 Å². The first-order chi connectivity index (χ1) is 17.3. The number of hydrogen-bond donors (Lipinski definition) is 2. The maximum absolute atomic E-state index is 13.8. The average Bonchev–Trinajstić information content (AvgIpc) is 3.12. The van der Waals surface area contributed by atoms with Gasteiger partial charge in [-0.3, -0.25) is 9.59 Å². The van der Waals surface area contributed by atoms with Gasteiger partial charge in [-0.25, -0.2) is 14.1 Å². The lowest BCUT2D eigenvalue weighted by molar-refractivity contribution is -0.127. The number of para-hydroxylation sites is 1. The van der Waals surface area contributed by atoms with E-state index in [-0.39, 0.29) is 11.4 Å². The van der Waals surface area contributed by atoms with E-state index in [0.717, 1.165) is 16.0 Å². The van der Waals surface area contributed by atoms with Crippen LogP contribution in [0.4, 0.5) is 14.9 Å². The van der Waals surface area contributed by atoms with Gasteiger partial charge in [0.1, 0.15) is 24.7 Å². The van der Waals surface area contributed by atoms with Crippen molar-refractivity contribution >= 4 is 29.6 Å². The summed E-state index contributed by atoms with van der Waals surface area (Å²) in [5, 5.41) is 4.81. The molecule has 3 aromatic rings. The van der Waals surface area contributed by atoms with Crippen LogP contribution in [0, 0.1) is 12.7 Å². The number of rotatable bonds is 8. The molecule has 2 N–H and O–H groups in total. The largest absolute Gasteiger partial charge is 0.493 e. The highest BCUT2D eigenvalue weighted by Crippen LogP contribution is 2.30. The van der Waals surface area contributed by atoms with Gasteiger partial charge in [0.15, 0.2) is 11.5 Å². The monoisotopic (exact) mass is 489 g/mol. The summed E-state index contributed by atoms with van der Waals surface area (Å²) < 4.78 is 25.1. The van der Waals surface area contributed by atoms with E-state index in [1.165, 1.54) is 31.4 Å². The molecular weight excluding hydrogens is 465 g/mol. The Balaban J connectivity index is 1.43. The van der Waals surface area contributed by atoms with Gasteiger partial charge in [0.25, 0.3) is 5.91 Å². The summed E-state index contributed by atoms with van der Waals surface area (Å²) in [6.07, 6.45) is 1.47. The minimum Gasteiger partial charge on any atom is -0.493 e. The molecule has 1 aliphatic rings. The topological polar surface area (TPSA) is 97.0 Å². The fraction of sp³-hybridized carbons (Fsp3) is 0.148. The normalized spacial score (nSPS) is 14.1. The summed E-state index contributed by atoms with van der Waals surface area (Å²) in [6.45, 7) is 1.80. The van der Waals surface area contributed by atoms with Crippen LogP contribution in [0.1, 0.15) is 16.7 Å². The molecule has 0 saturated carbocycles. The zero-order valence-corrected chi connectivity index (χ0v) is 19.7. The van der Waals surface area contributed by atoms with Crippen LogP contribution in [0.2, 0.25) is 0 Å². The minimum absolute atomic E-state index is 0.00549. The number of nitrogens with zero attached hydrogens (tertiary/aromatic N) is 1. The number of ether oxygens (including phenoxy) is 2. The molecule has 1 heterocycles. The molecule has 3 aromatic carbocycles. The van der Waals surface area contributed by atoms with Crippen molar-refractivity contribution in [3.05, 3.63) is 94.9 Å². The standard InChI is InChI=1S/C27H24FN3O5/c1-17-7-9-18(10-8-17)16-36-23-12-11-19(14-24(23)35-2)13-22-26(33)31(27(34)30-22)15-25(32)29-21-6-4-3-5-20(21)28/h3-14H,15-16H2,1-2H3,(H,29,32)(H,30,34)/b22-13+. The Kier molecular flexibility index (Phi) is 7.29. The number of amides is 4. The van der Waals surface area contributed by atoms with Crippen LogP contribution in [0.25, 0.3) is 6.08 Å². The Hall–Kier alpha value is -4.66. The number of anilines is 1. The molecule has 184 valence electrons. The summed E-state index contributed by atoms with van der Waals surface area (Å²) in [5.74, 6) is -1.03. The van der Waals surface area contributed by atoms with Gasteiger partial charge in [-0.1, -0.05) is 48.0 Å². The van der Waals surface area contributed by atoms with Gasteiger partial charge in [-0.15, -0.1) is 0 Å². The van der Waals surface area contributed by atoms with Crippen LogP contribution < -0.4 is 20.1 Å². The quantitative estimate of drug-likeness (QED) is 0.364. The minimum atomic E-state index is -0.750. The van der Waals surface area contributed by atoms with Gasteiger partial charge in [0, 0.05) is 0 Å². The molecule has 1 fully saturated rings. The van der Waals surface area contributed by atoms with Gasteiger partial charge >= 0.3 is 6.03 Å². The van der Waals surface area contributed by atoms with E-state index >= 15 is 0 Å². The molecule has 0 unspecified atom stereocenters. The van der Waals surface area contributed by atoms with Crippen LogP contribution in [0.5, 0.6) is 11.5 Å². The van der Waals surface area contributed by atoms with Gasteiger partial charge in [0.2, 0.25) is 5.91 Å². The van der Waals surface area contributed by atoms with Crippen LogP contribution in [0.3, 0.4) is 0 Å². The van der Waals surface area contributed by atoms with E-state index in [4.69, 9.17) is 9.47 Å². The average molecular weight is 490 g/mol. The van der Waals surface area contributed by atoms with E-state index in [9.17, 15) is 18.8 Å². The first kappa shape index (κ1) is 24.5. The Morgan fingerprint density at radius 3 is 2.53 bits per heavy atom. The second-order valence-electron chi connectivity index (χ2n) is 8.09. The fourth-order valence-corrected chi connectivity index (χ4v) is 3.52. The number of imide groups is 1. The van der Waals surface area contributed by atoms with E-state index in [2.05, 4.69) is 10.6 Å². The Labute approximate surface area is 207 Å². The lowest BCUT2D eigenvalue weighted by atomic mass is 10.1. The summed E-state index contributed by atoms with van der Waals surface area (Å²) in [4.78, 5) is 38.1. The number of benzene rings is 3. The number of nitrogens with one attached hydrogen (secondary N) is 2. The van der Waals surface area contributed by atoms with E-state index in [0.29, 0.717) is 23.7 Å². The van der Waals surface area contributed by atoms with Gasteiger partial charge in [0.05, 0.1) is 12.8 Å². The van der Waals surface area contributed by atoms with Crippen molar-refractivity contribution < 1.29 is 28.2 Å². The third kappa shape index (κ3) is 5.69. The summed E-state index contributed by atoms with van der Waals surface area (Å²) in [7, 11) is 1.50. The van der Waals surface area contributed by atoms with Crippen molar-refractivity contribution in [2.75, 3.05) is 19.0 Å². The molecule has 1 aliphatic heterocycles. The molecule has 1 saturated heterocycles. The number of carbonyl (C=O) groups excluding carboxylic acids is 3. The molecule has 0 spiro atoms. The zero-order valence-electron chi connectivity index (χ0n) is 19.7. The number of halogens is 1. The highest BCUT2D eigenvalue weighted by molar-refractivity contribution is 6.16. The fourth-order valence-electron chi connectivity index (χ4n) is 3.52. The summed E-state index contributed by atoms with van der Waals surface area (Å²) >= 11 is 0. The molecule has 8 nitrogen and oxygen atoms in total. The second kappa shape index (κ2) is 10.7. The van der Waals surface area contributed by atoms with Crippen molar-refractivity contribution in [1.29, 1.82) is 0 Å². The number of methoxy groups -OCH3 is 1. The third-order valence-electron chi connectivity index (χ3n) is 5.43. The third-order valence-corrected chi connectivity index (χ3v) is 5.43. The molecule has 0 radical (unpaired) electrons. The SMILES string of the molecule is COc1cc(/C=C2/NC(=O)N(CC(=O)Nc3ccccc3F)C2=O)ccc1OCc1ccc(C)cc1. The highest BCUT2D eigenvalue weighted by atomic mass is 19.1. The van der Waals surface area contributed by atoms with Crippen molar-refractivity contribution in [3.63, 3.8) is 0 Å². The van der Waals surface area contributed by atoms with Crippen molar-refractivity contribution in [2.45, 2.75) is 13.5 Å². The lowest BCUT2D eigenvalue weighted by Crippen LogP contribution is -2.38. The molecule has 0 bridgehead atoms. The first-order valence-electron chi connectivity index (χ1n) is 11.1.